The summed E-state index contributed by atoms with van der Waals surface area (Å²) in [5.41, 5.74) is 5.32. The number of likely N-dealkylation sites (tertiary alicyclic amines) is 1. The quantitative estimate of drug-likeness (QED) is 0.574. The highest BCUT2D eigenvalue weighted by Crippen LogP contribution is 2.35. The summed E-state index contributed by atoms with van der Waals surface area (Å²) in [6.45, 7) is 0.780. The number of hydrogen-bond acceptors (Lipinski definition) is 3. The van der Waals surface area contributed by atoms with Crippen LogP contribution in [0.25, 0.3) is 0 Å². The van der Waals surface area contributed by atoms with Crippen LogP contribution in [-0.2, 0) is 9.59 Å². The standard InChI is InChI=1S/C13H21N3O2S/c14-11(19)8-15-12(17)13(18)16-7-3-5-9-4-1-2-6-10(9)16/h9-10H,1-8H2,(H2,14,19)(H,15,17). The van der Waals surface area contributed by atoms with Gasteiger partial charge < -0.3 is 16.0 Å². The SMILES string of the molecule is NC(=S)CNC(=O)C(=O)N1CCCC2CCCCC21. The number of nitrogens with two attached hydrogens (primary N) is 1. The van der Waals surface area contributed by atoms with Crippen molar-refractivity contribution < 1.29 is 9.59 Å². The Hall–Kier alpha value is -1.17. The van der Waals surface area contributed by atoms with Gasteiger partial charge >= 0.3 is 11.8 Å². The number of rotatable bonds is 2. The first-order valence-electron chi connectivity index (χ1n) is 6.96. The molecule has 3 N–H and O–H groups in total. The minimum atomic E-state index is -0.584. The second-order valence-corrected chi connectivity index (χ2v) is 5.93. The number of carbonyl (C=O) groups is 2. The van der Waals surface area contributed by atoms with Gasteiger partial charge in [0.05, 0.1) is 11.5 Å². The summed E-state index contributed by atoms with van der Waals surface area (Å²) in [4.78, 5) is 26.0. The van der Waals surface area contributed by atoms with Gasteiger partial charge in [-0.25, -0.2) is 0 Å². The second kappa shape index (κ2) is 6.32. The number of carbonyl (C=O) groups excluding carboxylic acids is 2. The Morgan fingerprint density at radius 2 is 1.89 bits per heavy atom. The Morgan fingerprint density at radius 3 is 2.63 bits per heavy atom. The monoisotopic (exact) mass is 283 g/mol. The van der Waals surface area contributed by atoms with E-state index in [-0.39, 0.29) is 17.6 Å². The summed E-state index contributed by atoms with van der Waals surface area (Å²) >= 11 is 4.69. The van der Waals surface area contributed by atoms with Crippen molar-refractivity contribution in [3.05, 3.63) is 0 Å². The van der Waals surface area contributed by atoms with Gasteiger partial charge in [-0.3, -0.25) is 9.59 Å². The van der Waals surface area contributed by atoms with Crippen molar-refractivity contribution in [3.8, 4) is 0 Å². The van der Waals surface area contributed by atoms with Gasteiger partial charge in [-0.05, 0) is 31.6 Å². The van der Waals surface area contributed by atoms with E-state index >= 15 is 0 Å². The van der Waals surface area contributed by atoms with E-state index in [1.54, 1.807) is 4.90 Å². The molecule has 2 amide bonds. The van der Waals surface area contributed by atoms with Gasteiger partial charge in [-0.15, -0.1) is 0 Å². The molecule has 6 heteroatoms. The first-order valence-corrected chi connectivity index (χ1v) is 7.37. The van der Waals surface area contributed by atoms with Crippen LogP contribution in [-0.4, -0.2) is 40.8 Å². The zero-order valence-corrected chi connectivity index (χ0v) is 11.9. The van der Waals surface area contributed by atoms with Crippen LogP contribution in [0, 0.1) is 5.92 Å². The fourth-order valence-corrected chi connectivity index (χ4v) is 3.32. The summed E-state index contributed by atoms with van der Waals surface area (Å²) in [6.07, 6.45) is 6.79. The molecule has 0 aromatic heterocycles. The molecule has 2 aliphatic rings. The van der Waals surface area contributed by atoms with Gasteiger partial charge in [0, 0.05) is 12.6 Å². The maximum Gasteiger partial charge on any atom is 0.312 e. The average molecular weight is 283 g/mol. The van der Waals surface area contributed by atoms with Crippen molar-refractivity contribution in [3.63, 3.8) is 0 Å². The second-order valence-electron chi connectivity index (χ2n) is 5.40. The Morgan fingerprint density at radius 1 is 1.21 bits per heavy atom. The third-order valence-corrected chi connectivity index (χ3v) is 4.27. The topological polar surface area (TPSA) is 75.4 Å². The molecule has 2 fully saturated rings. The van der Waals surface area contributed by atoms with Crippen LogP contribution >= 0.6 is 12.2 Å². The van der Waals surface area contributed by atoms with Gasteiger partial charge in [0.1, 0.15) is 0 Å². The third kappa shape index (κ3) is 3.43. The largest absolute Gasteiger partial charge is 0.392 e. The lowest BCUT2D eigenvalue weighted by Gasteiger charge is -2.43. The Balaban J connectivity index is 1.96. The molecule has 19 heavy (non-hydrogen) atoms. The van der Waals surface area contributed by atoms with Crippen LogP contribution in [0.15, 0.2) is 0 Å². The molecule has 1 heterocycles. The summed E-state index contributed by atoms with van der Waals surface area (Å²) in [5, 5.41) is 2.48. The Bertz CT molecular complexity index is 384. The van der Waals surface area contributed by atoms with Gasteiger partial charge in [-0.2, -0.15) is 0 Å². The average Bonchev–Trinajstić information content (AvgIpc) is 2.43. The fraction of sp³-hybridized carbons (Fsp3) is 0.769. The lowest BCUT2D eigenvalue weighted by Crippen LogP contribution is -2.54. The number of nitrogens with one attached hydrogen (secondary N) is 1. The van der Waals surface area contributed by atoms with Crippen LogP contribution < -0.4 is 11.1 Å². The number of amides is 2. The molecule has 2 rings (SSSR count). The predicted molar refractivity (Wildman–Crippen MR) is 76.5 cm³/mol. The zero-order valence-electron chi connectivity index (χ0n) is 11.1. The van der Waals surface area contributed by atoms with E-state index in [1.807, 2.05) is 0 Å². The highest BCUT2D eigenvalue weighted by atomic mass is 32.1. The van der Waals surface area contributed by atoms with E-state index in [1.165, 1.54) is 19.3 Å². The smallest absolute Gasteiger partial charge is 0.312 e. The molecule has 1 saturated heterocycles. The lowest BCUT2D eigenvalue weighted by molar-refractivity contribution is -0.150. The van der Waals surface area contributed by atoms with Crippen molar-refractivity contribution >= 4 is 29.0 Å². The fourth-order valence-electron chi connectivity index (χ4n) is 3.25. The van der Waals surface area contributed by atoms with Gasteiger partial charge in [0.15, 0.2) is 0 Å². The molecule has 2 unspecified atom stereocenters. The minimum Gasteiger partial charge on any atom is -0.392 e. The lowest BCUT2D eigenvalue weighted by atomic mass is 9.78. The Kier molecular flexibility index (Phi) is 4.74. The normalized spacial score (nSPS) is 26.4. The van der Waals surface area contributed by atoms with E-state index in [0.29, 0.717) is 12.5 Å². The van der Waals surface area contributed by atoms with E-state index in [0.717, 1.165) is 19.3 Å². The molecular weight excluding hydrogens is 262 g/mol. The highest BCUT2D eigenvalue weighted by molar-refractivity contribution is 7.80. The molecule has 106 valence electrons. The van der Waals surface area contributed by atoms with E-state index < -0.39 is 11.8 Å². The summed E-state index contributed by atoms with van der Waals surface area (Å²) in [5.74, 6) is -0.429. The number of hydrogen-bond donors (Lipinski definition) is 2. The van der Waals surface area contributed by atoms with Gasteiger partial charge in [0.2, 0.25) is 0 Å². The molecule has 0 aromatic rings. The molecule has 5 nitrogen and oxygen atoms in total. The third-order valence-electron chi connectivity index (χ3n) is 4.12. The van der Waals surface area contributed by atoms with Crippen LogP contribution in [0.3, 0.4) is 0 Å². The van der Waals surface area contributed by atoms with Crippen LogP contribution in [0.2, 0.25) is 0 Å². The number of nitrogens with zero attached hydrogens (tertiary/aromatic N) is 1. The first-order chi connectivity index (χ1) is 9.09. The van der Waals surface area contributed by atoms with Crippen molar-refractivity contribution in [2.45, 2.75) is 44.6 Å². The van der Waals surface area contributed by atoms with Gasteiger partial charge in [-0.1, -0.05) is 25.1 Å². The first kappa shape index (κ1) is 14.2. The predicted octanol–water partition coefficient (Wildman–Crippen LogP) is 0.570. The molecule has 1 aliphatic carbocycles. The molecule has 1 aliphatic heterocycles. The van der Waals surface area contributed by atoms with Crippen molar-refractivity contribution in [2.75, 3.05) is 13.1 Å². The highest BCUT2D eigenvalue weighted by Gasteiger charge is 2.37. The molecule has 0 bridgehead atoms. The van der Waals surface area contributed by atoms with Crippen molar-refractivity contribution in [1.82, 2.24) is 10.2 Å². The van der Waals surface area contributed by atoms with Gasteiger partial charge in [0.25, 0.3) is 0 Å². The van der Waals surface area contributed by atoms with Crippen molar-refractivity contribution in [2.24, 2.45) is 11.7 Å². The molecular formula is C13H21N3O2S. The van der Waals surface area contributed by atoms with Crippen LogP contribution in [0.5, 0.6) is 0 Å². The summed E-state index contributed by atoms with van der Waals surface area (Å²) < 4.78 is 0. The van der Waals surface area contributed by atoms with Crippen LogP contribution in [0.4, 0.5) is 0 Å². The molecule has 0 radical (unpaired) electrons. The van der Waals surface area contributed by atoms with Crippen molar-refractivity contribution in [1.29, 1.82) is 0 Å². The Labute approximate surface area is 118 Å². The number of fused-ring (bicyclic) bond motifs is 1. The maximum absolute atomic E-state index is 12.2. The van der Waals surface area contributed by atoms with E-state index in [4.69, 9.17) is 5.73 Å². The summed E-state index contributed by atoms with van der Waals surface area (Å²) in [6, 6.07) is 0.255. The minimum absolute atomic E-state index is 0.0852. The molecule has 1 saturated carbocycles. The van der Waals surface area contributed by atoms with Crippen LogP contribution in [0.1, 0.15) is 38.5 Å². The molecule has 2 atom stereocenters. The van der Waals surface area contributed by atoms with E-state index in [9.17, 15) is 9.59 Å². The summed E-state index contributed by atoms with van der Waals surface area (Å²) in [7, 11) is 0. The number of piperidine rings is 1. The number of thiocarbonyl (C=S) groups is 1. The maximum atomic E-state index is 12.2. The molecule has 0 spiro atoms. The molecule has 0 aromatic carbocycles. The zero-order chi connectivity index (χ0) is 13.8. The van der Waals surface area contributed by atoms with E-state index in [2.05, 4.69) is 17.5 Å².